The van der Waals surface area contributed by atoms with Crippen molar-refractivity contribution in [2.24, 2.45) is 0 Å². The number of nitrogens with zero attached hydrogens (tertiary/aromatic N) is 1. The van der Waals surface area contributed by atoms with Gasteiger partial charge in [0.05, 0.1) is 15.9 Å². The van der Waals surface area contributed by atoms with Crippen LogP contribution in [0.2, 0.25) is 0 Å². The monoisotopic (exact) mass is 295 g/mol. The minimum atomic E-state index is -0.537. The molecule has 13 heavy (non-hydrogen) atoms. The minimum Gasteiger partial charge on any atom is -0.392 e. The molecule has 1 heterocycles. The van der Waals surface area contributed by atoms with Gasteiger partial charge >= 0.3 is 0 Å². The van der Waals surface area contributed by atoms with E-state index in [0.29, 0.717) is 5.69 Å². The number of carbonyl (C=O) groups is 1. The second-order valence-electron chi connectivity index (χ2n) is 2.65. The molecule has 0 aliphatic heterocycles. The molecule has 0 saturated carbocycles. The third-order valence-electron chi connectivity index (χ3n) is 1.38. The van der Waals surface area contributed by atoms with Gasteiger partial charge in [-0.2, -0.15) is 5.10 Å². The second kappa shape index (κ2) is 4.56. The van der Waals surface area contributed by atoms with Gasteiger partial charge in [-0.3, -0.25) is 9.89 Å². The number of H-pyrrole nitrogens is 1. The average Bonchev–Trinajstić information content (AvgIpc) is 2.47. The van der Waals surface area contributed by atoms with Gasteiger partial charge in [0.1, 0.15) is 5.69 Å². The fraction of sp³-hybridized carbons (Fsp3) is 0.429. The van der Waals surface area contributed by atoms with Crippen LogP contribution in [0.4, 0.5) is 0 Å². The summed E-state index contributed by atoms with van der Waals surface area (Å²) in [6.45, 7) is 1.85. The topological polar surface area (TPSA) is 78.0 Å². The number of aliphatic hydroxyl groups is 1. The number of rotatable bonds is 3. The molecule has 5 nitrogen and oxygen atoms in total. The number of aromatic nitrogens is 2. The van der Waals surface area contributed by atoms with Gasteiger partial charge in [0, 0.05) is 6.54 Å². The summed E-state index contributed by atoms with van der Waals surface area (Å²) in [6, 6.07) is 0. The standard InChI is InChI=1S/C7H10IN3O2/c1-4(12)2-9-7(13)6-5(8)3-10-11-6/h3-4,12H,2H2,1H3,(H,9,13)(H,10,11)/t4-/m1/s1. The van der Waals surface area contributed by atoms with Crippen molar-refractivity contribution in [3.05, 3.63) is 15.5 Å². The molecule has 3 N–H and O–H groups in total. The number of hydrogen-bond donors (Lipinski definition) is 3. The third-order valence-corrected chi connectivity index (χ3v) is 2.20. The van der Waals surface area contributed by atoms with Gasteiger partial charge in [-0.05, 0) is 29.5 Å². The molecule has 0 unspecified atom stereocenters. The van der Waals surface area contributed by atoms with Crippen LogP contribution in [0, 0.1) is 3.57 Å². The molecule has 1 atom stereocenters. The first-order valence-electron chi connectivity index (χ1n) is 3.76. The zero-order valence-corrected chi connectivity index (χ0v) is 9.20. The first-order chi connectivity index (χ1) is 6.11. The van der Waals surface area contributed by atoms with Crippen LogP contribution < -0.4 is 5.32 Å². The van der Waals surface area contributed by atoms with E-state index in [1.165, 1.54) is 0 Å². The van der Waals surface area contributed by atoms with Gasteiger partial charge in [-0.15, -0.1) is 0 Å². The van der Waals surface area contributed by atoms with Gasteiger partial charge < -0.3 is 10.4 Å². The number of carbonyl (C=O) groups excluding carboxylic acids is 1. The lowest BCUT2D eigenvalue weighted by atomic mass is 10.3. The first-order valence-corrected chi connectivity index (χ1v) is 4.84. The number of halogens is 1. The summed E-state index contributed by atoms with van der Waals surface area (Å²) in [6.07, 6.45) is 1.03. The predicted octanol–water partition coefficient (Wildman–Crippen LogP) is 0.125. The van der Waals surface area contributed by atoms with Gasteiger partial charge in [0.2, 0.25) is 0 Å². The Morgan fingerprint density at radius 2 is 2.62 bits per heavy atom. The van der Waals surface area contributed by atoms with E-state index in [1.54, 1.807) is 13.1 Å². The van der Waals surface area contributed by atoms with Crippen molar-refractivity contribution in [1.82, 2.24) is 15.5 Å². The van der Waals surface area contributed by atoms with Crippen LogP contribution >= 0.6 is 22.6 Å². The number of amides is 1. The van der Waals surface area contributed by atoms with E-state index < -0.39 is 6.10 Å². The maximum Gasteiger partial charge on any atom is 0.270 e. The molecule has 1 rings (SSSR count). The van der Waals surface area contributed by atoms with Gasteiger partial charge in [0.25, 0.3) is 5.91 Å². The first kappa shape index (κ1) is 10.5. The van der Waals surface area contributed by atoms with Crippen LogP contribution in [0.1, 0.15) is 17.4 Å². The van der Waals surface area contributed by atoms with Crippen molar-refractivity contribution in [1.29, 1.82) is 0 Å². The Labute approximate surface area is 89.1 Å². The quantitative estimate of drug-likeness (QED) is 0.693. The summed E-state index contributed by atoms with van der Waals surface area (Å²) in [4.78, 5) is 11.3. The third kappa shape index (κ3) is 2.96. The predicted molar refractivity (Wildman–Crippen MR) is 55.3 cm³/mol. The highest BCUT2D eigenvalue weighted by molar-refractivity contribution is 14.1. The molecule has 0 spiro atoms. The maximum absolute atomic E-state index is 11.3. The van der Waals surface area contributed by atoms with Crippen LogP contribution in [0.15, 0.2) is 6.20 Å². The van der Waals surface area contributed by atoms with Crippen LogP contribution in [0.5, 0.6) is 0 Å². The molecule has 0 saturated heterocycles. The number of aliphatic hydroxyl groups excluding tert-OH is 1. The Hall–Kier alpha value is -0.630. The lowest BCUT2D eigenvalue weighted by molar-refractivity contribution is 0.0918. The lowest BCUT2D eigenvalue weighted by Gasteiger charge is -2.05. The molecule has 1 aromatic rings. The maximum atomic E-state index is 11.3. The summed E-state index contributed by atoms with van der Waals surface area (Å²) < 4.78 is 0.765. The smallest absolute Gasteiger partial charge is 0.270 e. The highest BCUT2D eigenvalue weighted by atomic mass is 127. The zero-order chi connectivity index (χ0) is 9.84. The molecule has 0 aromatic carbocycles. The number of nitrogens with one attached hydrogen (secondary N) is 2. The Balaban J connectivity index is 2.54. The molecule has 0 bridgehead atoms. The van der Waals surface area contributed by atoms with E-state index >= 15 is 0 Å². The minimum absolute atomic E-state index is 0.244. The Morgan fingerprint density at radius 3 is 3.08 bits per heavy atom. The zero-order valence-electron chi connectivity index (χ0n) is 7.04. The van der Waals surface area contributed by atoms with Crippen molar-refractivity contribution in [3.8, 4) is 0 Å². The summed E-state index contributed by atoms with van der Waals surface area (Å²) in [5, 5.41) is 17.8. The van der Waals surface area contributed by atoms with E-state index in [2.05, 4.69) is 15.5 Å². The van der Waals surface area contributed by atoms with E-state index in [1.807, 2.05) is 22.6 Å². The molecule has 0 radical (unpaired) electrons. The van der Waals surface area contributed by atoms with E-state index in [-0.39, 0.29) is 12.5 Å². The summed E-state index contributed by atoms with van der Waals surface area (Å²) in [5.74, 6) is -0.247. The fourth-order valence-corrected chi connectivity index (χ4v) is 1.26. The molecule has 0 fully saturated rings. The summed E-state index contributed by atoms with van der Waals surface area (Å²) >= 11 is 2.01. The van der Waals surface area contributed by atoms with Crippen molar-refractivity contribution in [2.45, 2.75) is 13.0 Å². The Bertz CT molecular complexity index is 298. The molecule has 0 aliphatic carbocycles. The van der Waals surface area contributed by atoms with Gasteiger partial charge in [-0.25, -0.2) is 0 Å². The second-order valence-corrected chi connectivity index (χ2v) is 3.81. The highest BCUT2D eigenvalue weighted by Crippen LogP contribution is 2.06. The SMILES string of the molecule is C[C@@H](O)CNC(=O)c1[nH]ncc1I. The molecule has 6 heteroatoms. The Morgan fingerprint density at radius 1 is 1.92 bits per heavy atom. The van der Waals surface area contributed by atoms with Crippen molar-refractivity contribution in [3.63, 3.8) is 0 Å². The van der Waals surface area contributed by atoms with Crippen LogP contribution in [-0.4, -0.2) is 33.9 Å². The van der Waals surface area contributed by atoms with E-state index in [4.69, 9.17) is 5.11 Å². The average molecular weight is 295 g/mol. The fourth-order valence-electron chi connectivity index (χ4n) is 0.759. The van der Waals surface area contributed by atoms with Crippen LogP contribution in [0.3, 0.4) is 0 Å². The molecular formula is C7H10IN3O2. The summed E-state index contributed by atoms with van der Waals surface area (Å²) in [5.41, 5.74) is 0.432. The molecule has 1 aromatic heterocycles. The van der Waals surface area contributed by atoms with Crippen molar-refractivity contribution >= 4 is 28.5 Å². The van der Waals surface area contributed by atoms with Gasteiger partial charge in [-0.1, -0.05) is 0 Å². The van der Waals surface area contributed by atoms with Crippen LogP contribution in [0.25, 0.3) is 0 Å². The normalized spacial score (nSPS) is 12.5. The van der Waals surface area contributed by atoms with Gasteiger partial charge in [0.15, 0.2) is 0 Å². The molecule has 1 amide bonds. The van der Waals surface area contributed by atoms with Crippen LogP contribution in [-0.2, 0) is 0 Å². The molecule has 0 aliphatic rings. The highest BCUT2D eigenvalue weighted by Gasteiger charge is 2.11. The molecular weight excluding hydrogens is 285 g/mol. The number of hydrogen-bond acceptors (Lipinski definition) is 3. The number of aromatic amines is 1. The molecule has 72 valence electrons. The lowest BCUT2D eigenvalue weighted by Crippen LogP contribution is -2.31. The van der Waals surface area contributed by atoms with Crippen molar-refractivity contribution < 1.29 is 9.90 Å². The van der Waals surface area contributed by atoms with Crippen molar-refractivity contribution in [2.75, 3.05) is 6.54 Å². The largest absolute Gasteiger partial charge is 0.392 e. The Kier molecular flexibility index (Phi) is 3.67. The van der Waals surface area contributed by atoms with E-state index in [0.717, 1.165) is 3.57 Å². The van der Waals surface area contributed by atoms with E-state index in [9.17, 15) is 4.79 Å². The summed E-state index contributed by atoms with van der Waals surface area (Å²) in [7, 11) is 0.